The molecule has 20 heavy (non-hydrogen) atoms. The lowest BCUT2D eigenvalue weighted by Crippen LogP contribution is -2.47. The summed E-state index contributed by atoms with van der Waals surface area (Å²) in [5.41, 5.74) is 9.80. The number of hydrogen-bond acceptors (Lipinski definition) is 2. The molecule has 0 radical (unpaired) electrons. The average Bonchev–Trinajstić information content (AvgIpc) is 2.38. The number of thiocarbonyl (C=S) groups is 1. The fourth-order valence-corrected chi connectivity index (χ4v) is 3.11. The molecule has 0 spiro atoms. The van der Waals surface area contributed by atoms with E-state index in [1.807, 2.05) is 0 Å². The first-order valence-corrected chi connectivity index (χ1v) is 7.86. The van der Waals surface area contributed by atoms with Crippen molar-refractivity contribution in [3.63, 3.8) is 0 Å². The van der Waals surface area contributed by atoms with E-state index < -0.39 is 0 Å². The van der Waals surface area contributed by atoms with E-state index in [1.54, 1.807) is 0 Å². The van der Waals surface area contributed by atoms with Crippen LogP contribution in [0.2, 0.25) is 0 Å². The van der Waals surface area contributed by atoms with Crippen LogP contribution >= 0.6 is 12.2 Å². The number of nitrogens with one attached hydrogen (secondary N) is 3. The van der Waals surface area contributed by atoms with E-state index in [0.29, 0.717) is 17.1 Å². The van der Waals surface area contributed by atoms with Crippen LogP contribution in [0.5, 0.6) is 0 Å². The standard InChI is InChI=1S/C16H25N3S/c1-11-8-12(2)10-14(9-11)18-19-16(20)17-15-7-5-4-6-13(15)3/h8-10,13,15,18H,4-7H2,1-3H3,(H2,17,19,20)/t13-,15+/m0/s1. The highest BCUT2D eigenvalue weighted by molar-refractivity contribution is 7.80. The van der Waals surface area contributed by atoms with Gasteiger partial charge in [-0.1, -0.05) is 25.8 Å². The van der Waals surface area contributed by atoms with Crippen LogP contribution in [0.4, 0.5) is 5.69 Å². The van der Waals surface area contributed by atoms with E-state index in [1.165, 1.54) is 36.8 Å². The van der Waals surface area contributed by atoms with Crippen LogP contribution in [0.15, 0.2) is 18.2 Å². The summed E-state index contributed by atoms with van der Waals surface area (Å²) in [6.07, 6.45) is 5.16. The molecule has 1 aliphatic rings. The van der Waals surface area contributed by atoms with E-state index >= 15 is 0 Å². The Morgan fingerprint density at radius 1 is 1.10 bits per heavy atom. The number of benzene rings is 1. The number of aryl methyl sites for hydroxylation is 2. The minimum absolute atomic E-state index is 0.504. The van der Waals surface area contributed by atoms with Crippen molar-refractivity contribution in [3.05, 3.63) is 29.3 Å². The Morgan fingerprint density at radius 2 is 1.75 bits per heavy atom. The molecule has 1 aromatic carbocycles. The fraction of sp³-hybridized carbons (Fsp3) is 0.562. The van der Waals surface area contributed by atoms with Crippen LogP contribution in [0, 0.1) is 19.8 Å². The van der Waals surface area contributed by atoms with Gasteiger partial charge in [-0.3, -0.25) is 10.9 Å². The van der Waals surface area contributed by atoms with Gasteiger partial charge in [0.15, 0.2) is 5.11 Å². The Balaban J connectivity index is 1.82. The first kappa shape index (κ1) is 15.1. The number of rotatable bonds is 3. The lowest BCUT2D eigenvalue weighted by molar-refractivity contribution is 0.308. The Kier molecular flexibility index (Phi) is 5.24. The molecule has 0 saturated heterocycles. The summed E-state index contributed by atoms with van der Waals surface area (Å²) in [5.74, 6) is 0.699. The molecule has 4 heteroatoms. The van der Waals surface area contributed by atoms with Crippen LogP contribution in [-0.4, -0.2) is 11.2 Å². The molecule has 0 heterocycles. The van der Waals surface area contributed by atoms with Gasteiger partial charge in [0, 0.05) is 6.04 Å². The van der Waals surface area contributed by atoms with Crippen molar-refractivity contribution in [2.45, 2.75) is 52.5 Å². The molecule has 3 nitrogen and oxygen atoms in total. The highest BCUT2D eigenvalue weighted by atomic mass is 32.1. The van der Waals surface area contributed by atoms with Gasteiger partial charge in [0.05, 0.1) is 5.69 Å². The van der Waals surface area contributed by atoms with Gasteiger partial charge in [0.2, 0.25) is 0 Å². The average molecular weight is 291 g/mol. The molecule has 1 fully saturated rings. The zero-order valence-electron chi connectivity index (χ0n) is 12.6. The zero-order valence-corrected chi connectivity index (χ0v) is 13.4. The molecule has 1 saturated carbocycles. The molecule has 1 aliphatic carbocycles. The lowest BCUT2D eigenvalue weighted by atomic mass is 9.86. The Labute approximate surface area is 127 Å². The third-order valence-corrected chi connectivity index (χ3v) is 4.19. The monoisotopic (exact) mass is 291 g/mol. The van der Waals surface area contributed by atoms with E-state index in [0.717, 1.165) is 5.69 Å². The summed E-state index contributed by atoms with van der Waals surface area (Å²) < 4.78 is 0. The van der Waals surface area contributed by atoms with E-state index in [4.69, 9.17) is 12.2 Å². The molecular formula is C16H25N3S. The summed E-state index contributed by atoms with van der Waals surface area (Å²) in [6.45, 7) is 6.49. The summed E-state index contributed by atoms with van der Waals surface area (Å²) >= 11 is 5.37. The maximum absolute atomic E-state index is 5.37. The van der Waals surface area contributed by atoms with Gasteiger partial charge < -0.3 is 5.32 Å². The minimum atomic E-state index is 0.504. The van der Waals surface area contributed by atoms with Gasteiger partial charge in [0.1, 0.15) is 0 Å². The van der Waals surface area contributed by atoms with E-state index in [-0.39, 0.29) is 0 Å². The smallest absolute Gasteiger partial charge is 0.185 e. The van der Waals surface area contributed by atoms with Crippen molar-refractivity contribution in [2.24, 2.45) is 5.92 Å². The van der Waals surface area contributed by atoms with Crippen molar-refractivity contribution >= 4 is 23.0 Å². The largest absolute Gasteiger partial charge is 0.358 e. The van der Waals surface area contributed by atoms with Crippen LogP contribution in [0.1, 0.15) is 43.7 Å². The normalized spacial score (nSPS) is 22.1. The molecule has 0 unspecified atom stereocenters. The molecule has 0 aromatic heterocycles. The highest BCUT2D eigenvalue weighted by Crippen LogP contribution is 2.23. The summed E-state index contributed by atoms with van der Waals surface area (Å²) in [4.78, 5) is 0. The van der Waals surface area contributed by atoms with Crippen molar-refractivity contribution in [1.82, 2.24) is 10.7 Å². The first-order valence-electron chi connectivity index (χ1n) is 7.45. The minimum Gasteiger partial charge on any atom is -0.358 e. The maximum Gasteiger partial charge on any atom is 0.185 e. The van der Waals surface area contributed by atoms with Crippen molar-refractivity contribution < 1.29 is 0 Å². The SMILES string of the molecule is Cc1cc(C)cc(NNC(=S)N[C@@H]2CCCC[C@@H]2C)c1. The van der Waals surface area contributed by atoms with Crippen LogP contribution < -0.4 is 16.2 Å². The predicted molar refractivity (Wildman–Crippen MR) is 89.8 cm³/mol. The Morgan fingerprint density at radius 3 is 2.40 bits per heavy atom. The molecule has 1 aromatic rings. The molecule has 0 bridgehead atoms. The van der Waals surface area contributed by atoms with Crippen LogP contribution in [0.3, 0.4) is 0 Å². The molecule has 0 aliphatic heterocycles. The van der Waals surface area contributed by atoms with E-state index in [2.05, 4.69) is 55.1 Å². The third kappa shape index (κ3) is 4.37. The summed E-state index contributed by atoms with van der Waals surface area (Å²) in [6, 6.07) is 6.87. The van der Waals surface area contributed by atoms with Gasteiger partial charge in [0.25, 0.3) is 0 Å². The zero-order chi connectivity index (χ0) is 14.5. The third-order valence-electron chi connectivity index (χ3n) is 3.97. The van der Waals surface area contributed by atoms with Crippen LogP contribution in [0.25, 0.3) is 0 Å². The number of anilines is 1. The van der Waals surface area contributed by atoms with Crippen molar-refractivity contribution in [1.29, 1.82) is 0 Å². The van der Waals surface area contributed by atoms with Crippen molar-refractivity contribution in [2.75, 3.05) is 5.43 Å². The Hall–Kier alpha value is -1.29. The first-order chi connectivity index (χ1) is 9.54. The highest BCUT2D eigenvalue weighted by Gasteiger charge is 2.21. The molecule has 110 valence electrons. The second-order valence-electron chi connectivity index (χ2n) is 5.97. The lowest BCUT2D eigenvalue weighted by Gasteiger charge is -2.30. The van der Waals surface area contributed by atoms with E-state index in [9.17, 15) is 0 Å². The predicted octanol–water partition coefficient (Wildman–Crippen LogP) is 3.67. The van der Waals surface area contributed by atoms with Gasteiger partial charge in [-0.05, 0) is 68.1 Å². The second kappa shape index (κ2) is 6.93. The van der Waals surface area contributed by atoms with Gasteiger partial charge in [-0.15, -0.1) is 0 Å². The fourth-order valence-electron chi connectivity index (χ4n) is 2.91. The molecule has 3 N–H and O–H groups in total. The quantitative estimate of drug-likeness (QED) is 0.586. The molecular weight excluding hydrogens is 266 g/mol. The van der Waals surface area contributed by atoms with Crippen molar-refractivity contribution in [3.8, 4) is 0 Å². The molecule has 0 amide bonds. The van der Waals surface area contributed by atoms with Gasteiger partial charge in [-0.2, -0.15) is 0 Å². The summed E-state index contributed by atoms with van der Waals surface area (Å²) in [7, 11) is 0. The van der Waals surface area contributed by atoms with Crippen LogP contribution in [-0.2, 0) is 0 Å². The second-order valence-corrected chi connectivity index (χ2v) is 6.38. The number of hydrogen-bond donors (Lipinski definition) is 3. The Bertz CT molecular complexity index is 453. The maximum atomic E-state index is 5.37. The number of hydrazine groups is 1. The topological polar surface area (TPSA) is 36.1 Å². The molecule has 2 rings (SSSR count). The molecule has 2 atom stereocenters. The summed E-state index contributed by atoms with van der Waals surface area (Å²) in [5, 5.41) is 4.11. The van der Waals surface area contributed by atoms with Gasteiger partial charge >= 0.3 is 0 Å². The van der Waals surface area contributed by atoms with Gasteiger partial charge in [-0.25, -0.2) is 0 Å².